The predicted molar refractivity (Wildman–Crippen MR) is 154 cm³/mol. The number of aromatic nitrogens is 1. The van der Waals surface area contributed by atoms with Crippen LogP contribution in [0.5, 0.6) is 0 Å². The smallest absolute Gasteiger partial charge is 0.274 e. The molecule has 0 saturated heterocycles. The second kappa shape index (κ2) is 15.5. The Morgan fingerprint density at radius 2 is 1.76 bits per heavy atom. The van der Waals surface area contributed by atoms with Crippen LogP contribution in [0.3, 0.4) is 0 Å². The summed E-state index contributed by atoms with van der Waals surface area (Å²) in [5.41, 5.74) is 1.89. The van der Waals surface area contributed by atoms with Crippen LogP contribution < -0.4 is 16.0 Å². The maximum atomic E-state index is 13.1. The average molecular weight is 564 g/mol. The summed E-state index contributed by atoms with van der Waals surface area (Å²) in [5.74, 6) is -1.65. The molecule has 0 saturated carbocycles. The van der Waals surface area contributed by atoms with Gasteiger partial charge >= 0.3 is 0 Å². The number of nitriles is 1. The number of benzene rings is 1. The Hall–Kier alpha value is -4.26. The average Bonchev–Trinajstić information content (AvgIpc) is 3.35. The monoisotopic (exact) mass is 563 g/mol. The van der Waals surface area contributed by atoms with Gasteiger partial charge < -0.3 is 20.5 Å². The van der Waals surface area contributed by atoms with Crippen molar-refractivity contribution >= 4 is 23.5 Å². The number of carbonyl (C=O) groups excluding carboxylic acids is 4. The van der Waals surface area contributed by atoms with Crippen LogP contribution in [0, 0.1) is 36.5 Å². The van der Waals surface area contributed by atoms with E-state index in [2.05, 4.69) is 21.1 Å². The summed E-state index contributed by atoms with van der Waals surface area (Å²) in [6, 6.07) is 10.4. The fraction of sp³-hybridized carbons (Fsp3) is 0.484. The number of carbonyl (C=O) groups is 4. The van der Waals surface area contributed by atoms with Crippen molar-refractivity contribution < 1.29 is 23.7 Å². The molecule has 2 aromatic rings. The Morgan fingerprint density at radius 3 is 2.34 bits per heavy atom. The Labute approximate surface area is 241 Å². The molecule has 220 valence electrons. The van der Waals surface area contributed by atoms with Crippen LogP contribution in [0.4, 0.5) is 0 Å². The van der Waals surface area contributed by atoms with Gasteiger partial charge in [-0.3, -0.25) is 19.2 Å². The second-order valence-corrected chi connectivity index (χ2v) is 11.4. The molecule has 0 aliphatic rings. The number of amides is 3. The van der Waals surface area contributed by atoms with Crippen molar-refractivity contribution in [3.05, 3.63) is 64.6 Å². The highest BCUT2D eigenvalue weighted by atomic mass is 16.5. The first kappa shape index (κ1) is 32.9. The van der Waals surface area contributed by atoms with Crippen LogP contribution in [0.15, 0.2) is 46.5 Å². The molecule has 10 heteroatoms. The van der Waals surface area contributed by atoms with Crippen molar-refractivity contribution in [2.45, 2.75) is 79.8 Å². The van der Waals surface area contributed by atoms with E-state index in [0.717, 1.165) is 11.1 Å². The molecule has 0 aliphatic carbocycles. The molecule has 0 bridgehead atoms. The van der Waals surface area contributed by atoms with E-state index in [1.165, 1.54) is 6.07 Å². The summed E-state index contributed by atoms with van der Waals surface area (Å²) in [7, 11) is 0. The van der Waals surface area contributed by atoms with Gasteiger partial charge in [-0.2, -0.15) is 5.26 Å². The minimum atomic E-state index is -0.829. The van der Waals surface area contributed by atoms with E-state index in [4.69, 9.17) is 4.52 Å². The zero-order valence-electron chi connectivity index (χ0n) is 24.8. The number of rotatable bonds is 14. The summed E-state index contributed by atoms with van der Waals surface area (Å²) < 4.78 is 4.92. The minimum Gasteiger partial charge on any atom is -0.361 e. The van der Waals surface area contributed by atoms with Crippen LogP contribution in [0.2, 0.25) is 0 Å². The SMILES string of the molecule is Cc1ccc(CNC(=O)[C@H](CCCCNC(=O)C(C#N)=CC(C)(C)C)CC(=O)[C@@H](C)NC(=O)c2cc(C)on2)cc1. The molecular weight excluding hydrogens is 522 g/mol. The van der Waals surface area contributed by atoms with E-state index in [9.17, 15) is 24.4 Å². The molecular formula is C31H41N5O5. The molecule has 2 rings (SSSR count). The number of unbranched alkanes of at least 4 members (excludes halogenated alkanes) is 1. The summed E-state index contributed by atoms with van der Waals surface area (Å²) >= 11 is 0. The van der Waals surface area contributed by atoms with E-state index in [0.29, 0.717) is 38.1 Å². The van der Waals surface area contributed by atoms with Gasteiger partial charge in [0, 0.05) is 31.5 Å². The van der Waals surface area contributed by atoms with Gasteiger partial charge in [-0.1, -0.05) is 68.3 Å². The largest absolute Gasteiger partial charge is 0.361 e. The second-order valence-electron chi connectivity index (χ2n) is 11.4. The van der Waals surface area contributed by atoms with Crippen LogP contribution in [0.1, 0.15) is 80.8 Å². The molecule has 0 fully saturated rings. The number of ketones is 1. The normalized spacial score (nSPS) is 13.0. The van der Waals surface area contributed by atoms with Crippen molar-refractivity contribution in [3.8, 4) is 6.07 Å². The summed E-state index contributed by atoms with van der Waals surface area (Å²) in [6.07, 6.45) is 3.12. The van der Waals surface area contributed by atoms with E-state index in [1.54, 1.807) is 19.9 Å². The molecule has 0 spiro atoms. The van der Waals surface area contributed by atoms with Crippen LogP contribution >= 0.6 is 0 Å². The van der Waals surface area contributed by atoms with Crippen LogP contribution in [-0.2, 0) is 20.9 Å². The van der Waals surface area contributed by atoms with Gasteiger partial charge in [-0.05, 0) is 44.6 Å². The zero-order chi connectivity index (χ0) is 30.6. The number of Topliss-reactive ketones (excluding diaryl/α,β-unsaturated/α-hetero) is 1. The van der Waals surface area contributed by atoms with Crippen LogP contribution in [0.25, 0.3) is 0 Å². The molecule has 3 N–H and O–H groups in total. The fourth-order valence-electron chi connectivity index (χ4n) is 4.00. The Kier molecular flexibility index (Phi) is 12.5. The first-order valence-electron chi connectivity index (χ1n) is 13.8. The van der Waals surface area contributed by atoms with E-state index >= 15 is 0 Å². The summed E-state index contributed by atoms with van der Waals surface area (Å²) in [6.45, 7) is 11.6. The summed E-state index contributed by atoms with van der Waals surface area (Å²) in [4.78, 5) is 50.9. The molecule has 0 unspecified atom stereocenters. The highest BCUT2D eigenvalue weighted by Crippen LogP contribution is 2.18. The topological polar surface area (TPSA) is 154 Å². The molecule has 1 aromatic carbocycles. The lowest BCUT2D eigenvalue weighted by Crippen LogP contribution is -2.41. The first-order chi connectivity index (χ1) is 19.3. The number of aryl methyl sites for hydroxylation is 2. The molecule has 1 aromatic heterocycles. The lowest BCUT2D eigenvalue weighted by molar-refractivity contribution is -0.130. The third-order valence-corrected chi connectivity index (χ3v) is 6.30. The maximum Gasteiger partial charge on any atom is 0.274 e. The van der Waals surface area contributed by atoms with E-state index in [1.807, 2.05) is 58.0 Å². The fourth-order valence-corrected chi connectivity index (χ4v) is 4.00. The number of hydrogen-bond donors (Lipinski definition) is 3. The molecule has 2 atom stereocenters. The Balaban J connectivity index is 1.97. The highest BCUT2D eigenvalue weighted by molar-refractivity contribution is 5.98. The van der Waals surface area contributed by atoms with E-state index < -0.39 is 23.8 Å². The van der Waals surface area contributed by atoms with Gasteiger partial charge in [0.05, 0.1) is 6.04 Å². The molecule has 0 radical (unpaired) electrons. The summed E-state index contributed by atoms with van der Waals surface area (Å²) in [5, 5.41) is 21.3. The van der Waals surface area contributed by atoms with Crippen molar-refractivity contribution in [2.75, 3.05) is 6.54 Å². The lowest BCUT2D eigenvalue weighted by Gasteiger charge is -2.19. The lowest BCUT2D eigenvalue weighted by atomic mass is 9.92. The van der Waals surface area contributed by atoms with Gasteiger partial charge in [0.25, 0.3) is 11.8 Å². The Morgan fingerprint density at radius 1 is 1.07 bits per heavy atom. The van der Waals surface area contributed by atoms with Crippen LogP contribution in [-0.4, -0.2) is 41.2 Å². The van der Waals surface area contributed by atoms with Gasteiger partial charge in [0.15, 0.2) is 11.5 Å². The standard InChI is InChI=1S/C31H41N5O5/c1-20-10-12-23(13-11-20)19-34-28(38)24(9-7-8-14-33-29(39)25(18-32)17-31(4,5)6)16-27(37)22(3)35-30(40)26-15-21(2)41-36-26/h10-13,15,17,22,24H,7-9,14,16,19H2,1-6H3,(H,33,39)(H,34,38)(H,35,40)/t22-,24-/m1/s1. The Bertz CT molecular complexity index is 1280. The molecule has 10 nitrogen and oxygen atoms in total. The molecule has 0 aliphatic heterocycles. The molecule has 3 amide bonds. The number of nitrogens with one attached hydrogen (secondary N) is 3. The van der Waals surface area contributed by atoms with Crippen molar-refractivity contribution in [1.82, 2.24) is 21.1 Å². The van der Waals surface area contributed by atoms with Gasteiger partial charge in [-0.15, -0.1) is 0 Å². The number of nitrogens with zero attached hydrogens (tertiary/aromatic N) is 2. The van der Waals surface area contributed by atoms with E-state index in [-0.39, 0.29) is 34.8 Å². The highest BCUT2D eigenvalue weighted by Gasteiger charge is 2.26. The van der Waals surface area contributed by atoms with Crippen molar-refractivity contribution in [3.63, 3.8) is 0 Å². The van der Waals surface area contributed by atoms with Crippen molar-refractivity contribution in [1.29, 1.82) is 5.26 Å². The maximum absolute atomic E-state index is 13.1. The first-order valence-corrected chi connectivity index (χ1v) is 13.8. The van der Waals surface area contributed by atoms with Gasteiger partial charge in [0.1, 0.15) is 17.4 Å². The zero-order valence-corrected chi connectivity index (χ0v) is 24.8. The third kappa shape index (κ3) is 11.8. The van der Waals surface area contributed by atoms with Gasteiger partial charge in [-0.25, -0.2) is 0 Å². The molecule has 1 heterocycles. The quantitative estimate of drug-likeness (QED) is 0.178. The minimum absolute atomic E-state index is 0.0573. The number of allylic oxidation sites excluding steroid dienone is 1. The molecule has 41 heavy (non-hydrogen) atoms. The number of hydrogen-bond acceptors (Lipinski definition) is 7. The predicted octanol–water partition coefficient (Wildman–Crippen LogP) is 4.08. The third-order valence-electron chi connectivity index (χ3n) is 6.30. The van der Waals surface area contributed by atoms with Crippen molar-refractivity contribution in [2.24, 2.45) is 11.3 Å². The van der Waals surface area contributed by atoms with Gasteiger partial charge in [0.2, 0.25) is 5.91 Å².